The van der Waals surface area contributed by atoms with Crippen LogP contribution in [0.25, 0.3) is 0 Å². The van der Waals surface area contributed by atoms with E-state index in [-0.39, 0.29) is 20.4 Å². The van der Waals surface area contributed by atoms with E-state index >= 15 is 0 Å². The summed E-state index contributed by atoms with van der Waals surface area (Å²) in [5.41, 5.74) is 5.99. The predicted molar refractivity (Wildman–Crippen MR) is 254 cm³/mol. The Labute approximate surface area is 368 Å². The number of benzene rings is 2. The van der Waals surface area contributed by atoms with Gasteiger partial charge in [-0.1, -0.05) is 216 Å². The third-order valence-electron chi connectivity index (χ3n) is 11.3. The molecule has 2 aromatic carbocycles. The number of rotatable bonds is 38. The van der Waals surface area contributed by atoms with Crippen LogP contribution in [0.1, 0.15) is 231 Å². The van der Waals surface area contributed by atoms with E-state index in [4.69, 9.17) is 9.98 Å². The minimum Gasteiger partial charge on any atom is -0.255 e. The summed E-state index contributed by atoms with van der Waals surface area (Å²) in [5.74, 6) is 0. The van der Waals surface area contributed by atoms with Gasteiger partial charge in [0, 0.05) is 26.6 Å². The average Bonchev–Trinajstić information content (AvgIpc) is 3.22. The van der Waals surface area contributed by atoms with Crippen LogP contribution in [-0.4, -0.2) is 11.9 Å². The summed E-state index contributed by atoms with van der Waals surface area (Å²) in [4.78, 5) is 10.3. The molecule has 0 aliphatic rings. The number of aliphatic imine (C=N–C) groups is 2. The summed E-state index contributed by atoms with van der Waals surface area (Å²) < 4.78 is 0. The summed E-state index contributed by atoms with van der Waals surface area (Å²) in [7, 11) is 0. The van der Waals surface area contributed by atoms with Crippen LogP contribution in [0.2, 0.25) is 0 Å². The van der Waals surface area contributed by atoms with E-state index in [1.165, 1.54) is 178 Å². The van der Waals surface area contributed by atoms with Gasteiger partial charge in [-0.05, 0) is 100 Å². The van der Waals surface area contributed by atoms with Crippen LogP contribution in [0.15, 0.2) is 82.8 Å². The van der Waals surface area contributed by atoms with Crippen LogP contribution < -0.4 is 0 Å². The summed E-state index contributed by atoms with van der Waals surface area (Å²) in [6.45, 7) is 6.86. The van der Waals surface area contributed by atoms with Crippen molar-refractivity contribution in [3.8, 4) is 0 Å². The second-order valence-electron chi connectivity index (χ2n) is 16.6. The van der Waals surface area contributed by atoms with Crippen LogP contribution in [-0.2, 0) is 33.3 Å². The SMILES string of the molecule is CCCCCCCCCCCCC/C=C/CCCc1ccccc1/N=C(\C=N\c1ccccc1CCC/C=C/CCCCCCCCCCCCC)CCCC.[Pd]. The van der Waals surface area contributed by atoms with E-state index in [1.54, 1.807) is 0 Å². The molecule has 0 N–H and O–H groups in total. The monoisotopic (exact) mass is 871 g/mol. The van der Waals surface area contributed by atoms with Crippen molar-refractivity contribution < 1.29 is 20.4 Å². The van der Waals surface area contributed by atoms with Crippen LogP contribution in [0.4, 0.5) is 11.4 Å². The van der Waals surface area contributed by atoms with Gasteiger partial charge in [-0.25, -0.2) is 0 Å². The zero-order chi connectivity index (χ0) is 39.8. The van der Waals surface area contributed by atoms with Gasteiger partial charge in [0.1, 0.15) is 0 Å². The molecule has 0 atom stereocenters. The molecular formula is C54H88N2Pd. The predicted octanol–water partition coefficient (Wildman–Crippen LogP) is 18.5. The van der Waals surface area contributed by atoms with Crippen molar-refractivity contribution in [3.05, 3.63) is 84.0 Å². The first-order valence-corrected chi connectivity index (χ1v) is 24.4. The second kappa shape index (κ2) is 40.7. The van der Waals surface area contributed by atoms with E-state index < -0.39 is 0 Å². The molecule has 2 nitrogen and oxygen atoms in total. The normalized spacial score (nSPS) is 12.1. The largest absolute Gasteiger partial charge is 0.255 e. The summed E-state index contributed by atoms with van der Waals surface area (Å²) in [6.07, 6.45) is 55.3. The second-order valence-corrected chi connectivity index (χ2v) is 16.6. The van der Waals surface area contributed by atoms with Crippen molar-refractivity contribution in [1.29, 1.82) is 0 Å². The van der Waals surface area contributed by atoms with Gasteiger partial charge in [-0.2, -0.15) is 0 Å². The van der Waals surface area contributed by atoms with E-state index in [9.17, 15) is 0 Å². The zero-order valence-electron chi connectivity index (χ0n) is 37.6. The molecule has 0 radical (unpaired) electrons. The molecule has 324 valence electrons. The molecule has 0 spiro atoms. The molecule has 0 amide bonds. The topological polar surface area (TPSA) is 24.7 Å². The molecule has 0 unspecified atom stereocenters. The van der Waals surface area contributed by atoms with E-state index in [0.717, 1.165) is 62.0 Å². The van der Waals surface area contributed by atoms with Gasteiger partial charge in [-0.15, -0.1) is 0 Å². The summed E-state index contributed by atoms with van der Waals surface area (Å²) in [5, 5.41) is 0. The number of unbranched alkanes of at least 4 members (excludes halogenated alkanes) is 25. The minimum absolute atomic E-state index is 0. The number of allylic oxidation sites excluding steroid dienone is 4. The van der Waals surface area contributed by atoms with Crippen LogP contribution in [0.5, 0.6) is 0 Å². The number of hydrogen-bond acceptors (Lipinski definition) is 2. The number of aryl methyl sites for hydroxylation is 2. The minimum atomic E-state index is 0. The van der Waals surface area contributed by atoms with Crippen molar-refractivity contribution in [1.82, 2.24) is 0 Å². The molecule has 2 rings (SSSR count). The fourth-order valence-corrected chi connectivity index (χ4v) is 7.63. The Balaban J connectivity index is 0.0000162. The molecule has 0 aromatic heterocycles. The molecule has 0 fully saturated rings. The number of para-hydroxylation sites is 2. The molecular weight excluding hydrogens is 783 g/mol. The molecule has 0 bridgehead atoms. The molecule has 0 saturated heterocycles. The van der Waals surface area contributed by atoms with E-state index in [2.05, 4.69) is 99.8 Å². The Kier molecular flexibility index (Phi) is 37.8. The van der Waals surface area contributed by atoms with Gasteiger partial charge < -0.3 is 0 Å². The Bertz CT molecular complexity index is 1290. The van der Waals surface area contributed by atoms with Crippen molar-refractivity contribution in [2.45, 2.75) is 233 Å². The quantitative estimate of drug-likeness (QED) is 0.0278. The van der Waals surface area contributed by atoms with Crippen molar-refractivity contribution in [2.24, 2.45) is 9.98 Å². The van der Waals surface area contributed by atoms with Crippen LogP contribution in [0.3, 0.4) is 0 Å². The maximum atomic E-state index is 5.22. The zero-order valence-corrected chi connectivity index (χ0v) is 39.1. The molecule has 0 heterocycles. The van der Waals surface area contributed by atoms with Gasteiger partial charge in [-0.3, -0.25) is 9.98 Å². The van der Waals surface area contributed by atoms with Crippen molar-refractivity contribution in [2.75, 3.05) is 0 Å². The van der Waals surface area contributed by atoms with Gasteiger partial charge >= 0.3 is 0 Å². The Morgan fingerprint density at radius 1 is 0.404 bits per heavy atom. The standard InChI is InChI=1S/C54H88N2.Pd/c1-4-7-10-12-14-16-18-20-22-24-26-28-30-32-34-36-42-50-44-38-40-47-53(50)55-49-52(46-9-6-3)56-54-48-41-39-45-51(54)43-37-35-33-31-29-27-25-23-21-19-17-15-13-11-8-5-2;/h30-33,38-41,44-45,47-49H,4-29,34-37,42-43,46H2,1-3H3;/b32-30+,33-31+,55-49+,56-52-;. The maximum Gasteiger partial charge on any atom is 0.0665 e. The van der Waals surface area contributed by atoms with Crippen LogP contribution in [0, 0.1) is 0 Å². The maximum absolute atomic E-state index is 5.22. The first-order valence-electron chi connectivity index (χ1n) is 24.4. The van der Waals surface area contributed by atoms with E-state index in [1.807, 2.05) is 0 Å². The Hall–Kier alpha value is -2.08. The molecule has 2 aromatic rings. The third-order valence-corrected chi connectivity index (χ3v) is 11.3. The van der Waals surface area contributed by atoms with Crippen LogP contribution >= 0.6 is 0 Å². The Morgan fingerprint density at radius 2 is 0.754 bits per heavy atom. The van der Waals surface area contributed by atoms with Gasteiger partial charge in [0.05, 0.1) is 17.1 Å². The van der Waals surface area contributed by atoms with Crippen molar-refractivity contribution >= 4 is 23.3 Å². The first-order chi connectivity index (χ1) is 27.8. The van der Waals surface area contributed by atoms with Gasteiger partial charge in [0.15, 0.2) is 0 Å². The summed E-state index contributed by atoms with van der Waals surface area (Å²) >= 11 is 0. The number of hydrogen-bond donors (Lipinski definition) is 0. The molecule has 0 saturated carbocycles. The first kappa shape index (κ1) is 52.9. The molecule has 3 heteroatoms. The van der Waals surface area contributed by atoms with E-state index in [0.29, 0.717) is 0 Å². The fraction of sp³-hybridized carbons (Fsp3) is 0.667. The van der Waals surface area contributed by atoms with Gasteiger partial charge in [0.2, 0.25) is 0 Å². The number of nitrogens with zero attached hydrogens (tertiary/aromatic N) is 2. The molecule has 57 heavy (non-hydrogen) atoms. The fourth-order valence-electron chi connectivity index (χ4n) is 7.63. The third kappa shape index (κ3) is 30.6. The summed E-state index contributed by atoms with van der Waals surface area (Å²) in [6, 6.07) is 17.5. The molecule has 0 aliphatic heterocycles. The van der Waals surface area contributed by atoms with Gasteiger partial charge in [0.25, 0.3) is 0 Å². The van der Waals surface area contributed by atoms with Crippen molar-refractivity contribution in [3.63, 3.8) is 0 Å². The average molecular weight is 872 g/mol. The smallest absolute Gasteiger partial charge is 0.0665 e. The molecule has 0 aliphatic carbocycles. The Morgan fingerprint density at radius 3 is 1.19 bits per heavy atom.